The molecule has 1 aliphatic heterocycles. The molecule has 1 aliphatic rings. The Morgan fingerprint density at radius 3 is 1.53 bits per heavy atom. The number of ether oxygens (including phenoxy) is 5. The molecule has 6 aromatic rings. The summed E-state index contributed by atoms with van der Waals surface area (Å²) in [6, 6.07) is 14.8. The molecule has 0 atom stereocenters. The molecule has 0 aliphatic carbocycles. The number of anilines is 3. The molecule has 0 unspecified atom stereocenters. The number of benzene rings is 2. The molecule has 0 bridgehead atoms. The molecular weight excluding hydrogens is 1080 g/mol. The first-order valence-electron chi connectivity index (χ1n) is 23.3. The van der Waals surface area contributed by atoms with Gasteiger partial charge in [-0.15, -0.1) is 0 Å². The summed E-state index contributed by atoms with van der Waals surface area (Å²) in [5.74, 6) is -1.89. The standard InChI is InChI=1S/C18H19N3O4S.C10H8ClNO2S.2C7H11N3O2.C5H8O4.C3H5N/c1-4-25-18(22)14-10-20-17(11(14)2)21-16-7-8-19-15-6-5-12(9-13(15)16)26(3,23)24;1-15(13,14)7-2-3-10-8(6-7)9(11)4-5-12-10;2*1-3-12-7(11)5-4(2)6(8)10-9-5;1-3-9-5(7)4(6)8-2;1-2-3-4/h5-9H,4,10H2,1-3H3,(H,19,20,21);2-6H,1H3;2*3H2,1-2H3,(H3,8,9,10);3H2,1-2H3;2H2,1H3. The summed E-state index contributed by atoms with van der Waals surface area (Å²) < 4.78 is 69.2. The Balaban J connectivity index is 0.000000346. The number of aromatic nitrogens is 6. The average molecular weight is 1140 g/mol. The second kappa shape index (κ2) is 31.5. The van der Waals surface area contributed by atoms with Gasteiger partial charge in [-0.05, 0) is 97.0 Å². The number of nitrogens with zero attached hydrogens (tertiary/aromatic N) is 6. The van der Waals surface area contributed by atoms with Crippen LogP contribution in [0.4, 0.5) is 17.3 Å². The van der Waals surface area contributed by atoms with E-state index in [2.05, 4.69) is 50.1 Å². The maximum atomic E-state index is 12.0. The summed E-state index contributed by atoms with van der Waals surface area (Å²) in [5, 5.41) is 25.0. The van der Waals surface area contributed by atoms with E-state index in [9.17, 15) is 40.8 Å². The van der Waals surface area contributed by atoms with Gasteiger partial charge in [-0.2, -0.15) is 15.5 Å². The number of carbonyl (C=O) groups is 5. The molecule has 0 fully saturated rings. The topological polar surface area (TPSA) is 383 Å². The zero-order valence-corrected chi connectivity index (χ0v) is 47.2. The van der Waals surface area contributed by atoms with E-state index >= 15 is 0 Å². The number of carbonyl (C=O) groups excluding carboxylic acids is 5. The van der Waals surface area contributed by atoms with Gasteiger partial charge in [0.15, 0.2) is 19.7 Å². The van der Waals surface area contributed by atoms with E-state index in [4.69, 9.17) is 42.5 Å². The van der Waals surface area contributed by atoms with Gasteiger partial charge in [-0.25, -0.2) is 40.8 Å². The second-order valence-corrected chi connectivity index (χ2v) is 20.0. The minimum absolute atomic E-state index is 0.188. The van der Waals surface area contributed by atoms with Crippen molar-refractivity contribution in [1.29, 1.82) is 5.26 Å². The summed E-state index contributed by atoms with van der Waals surface area (Å²) in [5.41, 5.74) is 16.0. The smallest absolute Gasteiger partial charge is 0.417 e. The fourth-order valence-electron chi connectivity index (χ4n) is 5.92. The molecule has 0 saturated heterocycles. The SMILES string of the molecule is CCC#N.CCOC(=O)C(=O)OC.CCOC(=O)C1=C(C)C(Nc2ccnc3ccc(S(C)(=O)=O)cc23)=NC1.CCOC(=O)c1[nH]nc(N)c1C.CCOC(=O)c1[nH]nc(N)c1C.CS(=O)(=O)c1ccc2nccc(Cl)c2c1. The normalized spacial score (nSPS) is 11.3. The lowest BCUT2D eigenvalue weighted by molar-refractivity contribution is -0.165. The number of hydrogen-bond acceptors (Lipinski definition) is 23. The van der Waals surface area contributed by atoms with Gasteiger partial charge in [-0.3, -0.25) is 25.2 Å². The number of nitrogen functional groups attached to an aromatic ring is 2. The van der Waals surface area contributed by atoms with E-state index in [-0.39, 0.29) is 28.9 Å². The van der Waals surface area contributed by atoms with Gasteiger partial charge >= 0.3 is 29.8 Å². The number of aromatic amines is 2. The quantitative estimate of drug-likeness (QED) is 0.0576. The highest BCUT2D eigenvalue weighted by Gasteiger charge is 2.23. The minimum atomic E-state index is -3.33. The van der Waals surface area contributed by atoms with Crippen LogP contribution in [-0.2, 0) is 57.7 Å². The molecule has 5 heterocycles. The van der Waals surface area contributed by atoms with Crippen LogP contribution in [0.5, 0.6) is 0 Å². The molecule has 2 aromatic carbocycles. The Hall–Kier alpha value is -8.48. The number of methoxy groups -OCH3 is 1. The van der Waals surface area contributed by atoms with Crippen molar-refractivity contribution < 1.29 is 64.5 Å². The maximum Gasteiger partial charge on any atom is 0.417 e. The van der Waals surface area contributed by atoms with Crippen LogP contribution in [0, 0.1) is 25.2 Å². The van der Waals surface area contributed by atoms with Gasteiger partial charge in [0, 0.05) is 58.8 Å². The number of aliphatic imine (C=N–C) groups is 1. The van der Waals surface area contributed by atoms with Crippen LogP contribution in [0.3, 0.4) is 0 Å². The molecular formula is C50H62ClN11O14S2. The lowest BCUT2D eigenvalue weighted by atomic mass is 10.1. The first-order valence-corrected chi connectivity index (χ1v) is 27.5. The monoisotopic (exact) mass is 1140 g/mol. The van der Waals surface area contributed by atoms with Crippen molar-refractivity contribution in [2.24, 2.45) is 4.99 Å². The zero-order chi connectivity index (χ0) is 58.9. The van der Waals surface area contributed by atoms with Crippen LogP contribution in [0.2, 0.25) is 5.02 Å². The number of esters is 5. The molecule has 78 heavy (non-hydrogen) atoms. The highest BCUT2D eigenvalue weighted by Crippen LogP contribution is 2.28. The largest absolute Gasteiger partial charge is 0.463 e. The second-order valence-electron chi connectivity index (χ2n) is 15.5. The number of nitriles is 1. The third-order valence-corrected chi connectivity index (χ3v) is 12.6. The van der Waals surface area contributed by atoms with Crippen molar-refractivity contribution >= 4 is 106 Å². The molecule has 7 N–H and O–H groups in total. The van der Waals surface area contributed by atoms with E-state index in [0.717, 1.165) is 13.4 Å². The number of rotatable bonds is 10. The van der Waals surface area contributed by atoms with Gasteiger partial charge in [0.2, 0.25) is 0 Å². The predicted molar refractivity (Wildman–Crippen MR) is 292 cm³/mol. The summed E-state index contributed by atoms with van der Waals surface area (Å²) in [6.07, 6.45) is 6.17. The summed E-state index contributed by atoms with van der Waals surface area (Å²) in [7, 11) is -5.40. The van der Waals surface area contributed by atoms with Crippen molar-refractivity contribution in [3.05, 3.63) is 99.6 Å². The van der Waals surface area contributed by atoms with Crippen LogP contribution in [0.25, 0.3) is 21.8 Å². The van der Waals surface area contributed by atoms with E-state index in [1.165, 1.54) is 18.4 Å². The lowest BCUT2D eigenvalue weighted by Crippen LogP contribution is -2.18. The summed E-state index contributed by atoms with van der Waals surface area (Å²) in [4.78, 5) is 67.9. The first-order chi connectivity index (χ1) is 36.8. The number of amidine groups is 1. The molecule has 7 rings (SSSR count). The van der Waals surface area contributed by atoms with Gasteiger partial charge in [0.25, 0.3) is 0 Å². The third-order valence-electron chi connectivity index (χ3n) is 10.0. The Morgan fingerprint density at radius 1 is 0.679 bits per heavy atom. The van der Waals surface area contributed by atoms with Crippen molar-refractivity contribution in [3.8, 4) is 6.07 Å². The first kappa shape index (κ1) is 65.6. The average Bonchev–Trinajstić information content (AvgIpc) is 4.08. The number of H-pyrrole nitrogens is 2. The Morgan fingerprint density at radius 2 is 1.12 bits per heavy atom. The van der Waals surface area contributed by atoms with Crippen LogP contribution in [-0.4, -0.2) is 135 Å². The number of nitrogens with one attached hydrogen (secondary N) is 3. The van der Waals surface area contributed by atoms with Crippen molar-refractivity contribution in [3.63, 3.8) is 0 Å². The van der Waals surface area contributed by atoms with Crippen LogP contribution in [0.1, 0.15) is 80.1 Å². The minimum Gasteiger partial charge on any atom is -0.463 e. The lowest BCUT2D eigenvalue weighted by Gasteiger charge is -2.11. The molecule has 28 heteroatoms. The maximum absolute atomic E-state index is 12.0. The fourth-order valence-corrected chi connectivity index (χ4v) is 7.43. The Labute approximate surface area is 455 Å². The van der Waals surface area contributed by atoms with E-state index < -0.39 is 43.6 Å². The van der Waals surface area contributed by atoms with Gasteiger partial charge in [0.1, 0.15) is 28.9 Å². The molecule has 0 amide bonds. The predicted octanol–water partition coefficient (Wildman–Crippen LogP) is 6.23. The van der Waals surface area contributed by atoms with Gasteiger partial charge < -0.3 is 40.5 Å². The molecule has 25 nitrogen and oxygen atoms in total. The van der Waals surface area contributed by atoms with Crippen LogP contribution in [0.15, 0.2) is 86.9 Å². The van der Waals surface area contributed by atoms with Crippen molar-refractivity contribution in [2.45, 2.75) is 71.6 Å². The number of hydrogen-bond donors (Lipinski definition) is 5. The number of halogens is 1. The fraction of sp³-hybridized carbons (Fsp3) is 0.340. The van der Waals surface area contributed by atoms with E-state index in [1.807, 2.05) is 13.0 Å². The molecule has 4 aromatic heterocycles. The zero-order valence-electron chi connectivity index (χ0n) is 44.8. The van der Waals surface area contributed by atoms with E-state index in [1.54, 1.807) is 97.3 Å². The number of pyridine rings is 2. The van der Waals surface area contributed by atoms with Gasteiger partial charge in [0.05, 0.1) is 83.3 Å². The highest BCUT2D eigenvalue weighted by atomic mass is 35.5. The Kier molecular flexibility index (Phi) is 26.5. The van der Waals surface area contributed by atoms with E-state index in [0.29, 0.717) is 110 Å². The number of sulfone groups is 2. The molecule has 420 valence electrons. The van der Waals surface area contributed by atoms with Crippen LogP contribution >= 0.6 is 11.6 Å². The third kappa shape index (κ3) is 19.6. The number of nitrogens with two attached hydrogens (primary N) is 2. The molecule has 0 saturated carbocycles. The summed E-state index contributed by atoms with van der Waals surface area (Å²) >= 11 is 5.94. The van der Waals surface area contributed by atoms with Crippen molar-refractivity contribution in [1.82, 2.24) is 30.4 Å². The van der Waals surface area contributed by atoms with Crippen molar-refractivity contribution in [2.75, 3.05) is 69.4 Å². The molecule has 0 spiro atoms. The summed E-state index contributed by atoms with van der Waals surface area (Å²) in [6.45, 7) is 15.3. The number of fused-ring (bicyclic) bond motifs is 2. The molecule has 0 radical (unpaired) electrons. The van der Waals surface area contributed by atoms with Gasteiger partial charge in [-0.1, -0.05) is 18.5 Å². The Bertz CT molecular complexity index is 3370. The highest BCUT2D eigenvalue weighted by molar-refractivity contribution is 7.91. The van der Waals surface area contributed by atoms with Crippen LogP contribution < -0.4 is 16.8 Å².